The molecule has 23 heavy (non-hydrogen) atoms. The average molecular weight is 351 g/mol. The van der Waals surface area contributed by atoms with Gasteiger partial charge in [-0.05, 0) is 31.2 Å². The molecule has 0 aliphatic rings. The molecule has 0 radical (unpaired) electrons. The normalized spacial score (nSPS) is 12.2. The van der Waals surface area contributed by atoms with E-state index in [0.29, 0.717) is 23.1 Å². The minimum absolute atomic E-state index is 0.0214. The number of halogens is 2. The van der Waals surface area contributed by atoms with Gasteiger partial charge in [0.15, 0.2) is 0 Å². The molecule has 2 aromatic carbocycles. The quantitative estimate of drug-likeness (QED) is 0.842. The second-order valence-corrected chi connectivity index (χ2v) is 6.37. The third-order valence-corrected chi connectivity index (χ3v) is 4.42. The van der Waals surface area contributed by atoms with Crippen LogP contribution >= 0.6 is 23.2 Å². The maximum Gasteiger partial charge on any atom is 0.234 e. The van der Waals surface area contributed by atoms with Crippen LogP contribution in [0.2, 0.25) is 10.0 Å². The lowest BCUT2D eigenvalue weighted by atomic mass is 10.1. The number of nitrogens with zero attached hydrogens (tertiary/aromatic N) is 1. The Morgan fingerprint density at radius 3 is 2.52 bits per heavy atom. The standard InChI is InChI=1S/C18H20Cl2N2O/c1-13(14-7-4-3-5-8-14)21-17(23)12-22(2)11-15-9-6-10-16(19)18(15)20/h3-10,13H,11-12H2,1-2H3,(H,21,23)/t13-/m1/s1. The van der Waals surface area contributed by atoms with Crippen molar-refractivity contribution in [3.63, 3.8) is 0 Å². The minimum atomic E-state index is -0.0259. The molecule has 2 rings (SSSR count). The van der Waals surface area contributed by atoms with Gasteiger partial charge in [-0.25, -0.2) is 0 Å². The Hall–Kier alpha value is -1.55. The number of hydrogen-bond acceptors (Lipinski definition) is 2. The fourth-order valence-electron chi connectivity index (χ4n) is 2.37. The molecule has 0 bridgehead atoms. The summed E-state index contributed by atoms with van der Waals surface area (Å²) in [6.45, 7) is 2.83. The van der Waals surface area contributed by atoms with Gasteiger partial charge < -0.3 is 5.32 Å². The molecule has 0 saturated carbocycles. The van der Waals surface area contributed by atoms with Crippen LogP contribution in [0.15, 0.2) is 48.5 Å². The Morgan fingerprint density at radius 2 is 1.83 bits per heavy atom. The highest BCUT2D eigenvalue weighted by Gasteiger charge is 2.13. The lowest BCUT2D eigenvalue weighted by molar-refractivity contribution is -0.122. The van der Waals surface area contributed by atoms with Gasteiger partial charge >= 0.3 is 0 Å². The number of rotatable bonds is 6. The molecule has 1 atom stereocenters. The summed E-state index contributed by atoms with van der Waals surface area (Å²) in [6.07, 6.45) is 0. The van der Waals surface area contributed by atoms with Crippen molar-refractivity contribution in [1.82, 2.24) is 10.2 Å². The Bertz CT molecular complexity index is 661. The van der Waals surface area contributed by atoms with Crippen LogP contribution in [0.3, 0.4) is 0 Å². The first kappa shape index (κ1) is 17.8. The number of hydrogen-bond donors (Lipinski definition) is 1. The largest absolute Gasteiger partial charge is 0.348 e. The molecule has 0 fully saturated rings. The highest BCUT2D eigenvalue weighted by Crippen LogP contribution is 2.26. The number of carbonyl (C=O) groups is 1. The van der Waals surface area contributed by atoms with Crippen LogP contribution < -0.4 is 5.32 Å². The smallest absolute Gasteiger partial charge is 0.234 e. The molecule has 0 aliphatic heterocycles. The first-order chi connectivity index (χ1) is 11.0. The van der Waals surface area contributed by atoms with E-state index in [2.05, 4.69) is 5.32 Å². The molecule has 2 aromatic rings. The minimum Gasteiger partial charge on any atom is -0.348 e. The van der Waals surface area contributed by atoms with Crippen LogP contribution in [0.5, 0.6) is 0 Å². The summed E-state index contributed by atoms with van der Waals surface area (Å²) in [5.74, 6) is -0.0259. The first-order valence-electron chi connectivity index (χ1n) is 7.43. The van der Waals surface area contributed by atoms with Crippen LogP contribution in [0.1, 0.15) is 24.1 Å². The summed E-state index contributed by atoms with van der Waals surface area (Å²) in [5, 5.41) is 4.07. The fraction of sp³-hybridized carbons (Fsp3) is 0.278. The molecule has 1 amide bonds. The van der Waals surface area contributed by atoms with Gasteiger partial charge in [0.05, 0.1) is 22.6 Å². The summed E-state index contributed by atoms with van der Waals surface area (Å²) in [6, 6.07) is 15.4. The number of benzene rings is 2. The SMILES string of the molecule is C[C@@H](NC(=O)CN(C)Cc1cccc(Cl)c1Cl)c1ccccc1. The molecule has 0 aromatic heterocycles. The van der Waals surface area contributed by atoms with E-state index in [-0.39, 0.29) is 11.9 Å². The van der Waals surface area contributed by atoms with Gasteiger partial charge in [-0.3, -0.25) is 9.69 Å². The summed E-state index contributed by atoms with van der Waals surface area (Å²) >= 11 is 12.2. The van der Waals surface area contributed by atoms with Gasteiger partial charge in [-0.1, -0.05) is 65.7 Å². The number of nitrogens with one attached hydrogen (secondary N) is 1. The molecular formula is C18H20Cl2N2O. The van der Waals surface area contributed by atoms with Gasteiger partial charge in [-0.15, -0.1) is 0 Å². The second-order valence-electron chi connectivity index (χ2n) is 5.59. The molecule has 1 N–H and O–H groups in total. The fourth-order valence-corrected chi connectivity index (χ4v) is 2.75. The van der Waals surface area contributed by atoms with Crippen molar-refractivity contribution in [2.24, 2.45) is 0 Å². The summed E-state index contributed by atoms with van der Waals surface area (Å²) < 4.78 is 0. The first-order valence-corrected chi connectivity index (χ1v) is 8.18. The lowest BCUT2D eigenvalue weighted by Gasteiger charge is -2.20. The van der Waals surface area contributed by atoms with E-state index >= 15 is 0 Å². The van der Waals surface area contributed by atoms with Crippen LogP contribution in [0.25, 0.3) is 0 Å². The zero-order valence-corrected chi connectivity index (χ0v) is 14.7. The molecule has 0 heterocycles. The third-order valence-electron chi connectivity index (χ3n) is 3.56. The van der Waals surface area contributed by atoms with Crippen LogP contribution in [0.4, 0.5) is 0 Å². The summed E-state index contributed by atoms with van der Waals surface area (Å²) in [5.41, 5.74) is 1.99. The third kappa shape index (κ3) is 5.24. The molecule has 0 spiro atoms. The van der Waals surface area contributed by atoms with Gasteiger partial charge in [0.25, 0.3) is 0 Å². The molecule has 3 nitrogen and oxygen atoms in total. The summed E-state index contributed by atoms with van der Waals surface area (Å²) in [4.78, 5) is 14.1. The number of carbonyl (C=O) groups excluding carboxylic acids is 1. The zero-order valence-electron chi connectivity index (χ0n) is 13.2. The Morgan fingerprint density at radius 1 is 1.13 bits per heavy atom. The molecule has 5 heteroatoms. The van der Waals surface area contributed by atoms with E-state index in [1.807, 2.05) is 61.3 Å². The van der Waals surface area contributed by atoms with Crippen molar-refractivity contribution in [1.29, 1.82) is 0 Å². The molecule has 0 aliphatic carbocycles. The lowest BCUT2D eigenvalue weighted by Crippen LogP contribution is -2.36. The predicted molar refractivity (Wildman–Crippen MR) is 95.8 cm³/mol. The van der Waals surface area contributed by atoms with E-state index in [0.717, 1.165) is 11.1 Å². The van der Waals surface area contributed by atoms with Crippen molar-refractivity contribution < 1.29 is 4.79 Å². The Balaban J connectivity index is 1.88. The topological polar surface area (TPSA) is 32.3 Å². The predicted octanol–water partition coefficient (Wildman–Crippen LogP) is 4.30. The highest BCUT2D eigenvalue weighted by atomic mass is 35.5. The highest BCUT2D eigenvalue weighted by molar-refractivity contribution is 6.42. The Labute approximate surface area is 147 Å². The second kappa shape index (κ2) is 8.34. The summed E-state index contributed by atoms with van der Waals surface area (Å²) in [7, 11) is 1.88. The van der Waals surface area contributed by atoms with Gasteiger partial charge in [0.2, 0.25) is 5.91 Å². The molecule has 122 valence electrons. The van der Waals surface area contributed by atoms with E-state index in [1.54, 1.807) is 6.07 Å². The van der Waals surface area contributed by atoms with Gasteiger partial charge in [0.1, 0.15) is 0 Å². The number of likely N-dealkylation sites (N-methyl/N-ethyl adjacent to an activating group) is 1. The average Bonchev–Trinajstić information content (AvgIpc) is 2.52. The van der Waals surface area contributed by atoms with Crippen LogP contribution in [-0.4, -0.2) is 24.4 Å². The van der Waals surface area contributed by atoms with Gasteiger partial charge in [-0.2, -0.15) is 0 Å². The van der Waals surface area contributed by atoms with Crippen molar-refractivity contribution in [3.05, 3.63) is 69.7 Å². The van der Waals surface area contributed by atoms with E-state index in [1.165, 1.54) is 0 Å². The van der Waals surface area contributed by atoms with Crippen molar-refractivity contribution in [2.45, 2.75) is 19.5 Å². The number of amides is 1. The maximum absolute atomic E-state index is 12.2. The van der Waals surface area contributed by atoms with E-state index < -0.39 is 0 Å². The van der Waals surface area contributed by atoms with Crippen molar-refractivity contribution in [2.75, 3.05) is 13.6 Å². The Kier molecular flexibility index (Phi) is 6.46. The van der Waals surface area contributed by atoms with Gasteiger partial charge in [0, 0.05) is 6.54 Å². The monoisotopic (exact) mass is 350 g/mol. The molecule has 0 unspecified atom stereocenters. The zero-order chi connectivity index (χ0) is 16.8. The van der Waals surface area contributed by atoms with E-state index in [9.17, 15) is 4.79 Å². The molecule has 0 saturated heterocycles. The van der Waals surface area contributed by atoms with Crippen LogP contribution in [0, 0.1) is 0 Å². The maximum atomic E-state index is 12.2. The van der Waals surface area contributed by atoms with E-state index in [4.69, 9.17) is 23.2 Å². The van der Waals surface area contributed by atoms with Crippen molar-refractivity contribution >= 4 is 29.1 Å². The van der Waals surface area contributed by atoms with Crippen molar-refractivity contribution in [3.8, 4) is 0 Å². The van der Waals surface area contributed by atoms with Crippen LogP contribution in [-0.2, 0) is 11.3 Å². The molecular weight excluding hydrogens is 331 g/mol.